The van der Waals surface area contributed by atoms with Gasteiger partial charge in [-0.05, 0) is 6.92 Å². The SMILES string of the molecule is CC(Cn1ccnc1)NC(=O)c1ncn[nH]1. The molecule has 0 aliphatic heterocycles. The first-order valence-electron chi connectivity index (χ1n) is 4.87. The van der Waals surface area contributed by atoms with Crippen molar-refractivity contribution in [3.8, 4) is 0 Å². The Balaban J connectivity index is 1.88. The van der Waals surface area contributed by atoms with Gasteiger partial charge in [-0.15, -0.1) is 0 Å². The summed E-state index contributed by atoms with van der Waals surface area (Å²) in [4.78, 5) is 19.3. The van der Waals surface area contributed by atoms with E-state index in [0.717, 1.165) is 0 Å². The number of imidazole rings is 1. The van der Waals surface area contributed by atoms with E-state index < -0.39 is 0 Å². The van der Waals surface area contributed by atoms with Crippen molar-refractivity contribution >= 4 is 5.91 Å². The van der Waals surface area contributed by atoms with Gasteiger partial charge in [0.15, 0.2) is 0 Å². The third-order valence-corrected chi connectivity index (χ3v) is 2.05. The fourth-order valence-electron chi connectivity index (χ4n) is 1.36. The topological polar surface area (TPSA) is 88.5 Å². The molecule has 7 nitrogen and oxygen atoms in total. The van der Waals surface area contributed by atoms with Gasteiger partial charge in [-0.25, -0.2) is 9.97 Å². The summed E-state index contributed by atoms with van der Waals surface area (Å²) in [5.41, 5.74) is 0. The molecule has 1 unspecified atom stereocenters. The summed E-state index contributed by atoms with van der Waals surface area (Å²) in [6, 6.07) is -0.00759. The Labute approximate surface area is 91.9 Å². The largest absolute Gasteiger partial charge is 0.345 e. The molecule has 84 valence electrons. The van der Waals surface area contributed by atoms with Gasteiger partial charge in [0, 0.05) is 25.0 Å². The second kappa shape index (κ2) is 4.56. The molecule has 7 heteroatoms. The number of carbonyl (C=O) groups is 1. The molecule has 1 amide bonds. The number of hydrogen-bond donors (Lipinski definition) is 2. The quantitative estimate of drug-likeness (QED) is 0.748. The summed E-state index contributed by atoms with van der Waals surface area (Å²) in [5.74, 6) is -0.0393. The van der Waals surface area contributed by atoms with Crippen molar-refractivity contribution in [2.75, 3.05) is 0 Å². The van der Waals surface area contributed by atoms with Crippen LogP contribution in [0.5, 0.6) is 0 Å². The highest BCUT2D eigenvalue weighted by Crippen LogP contribution is 1.93. The zero-order valence-corrected chi connectivity index (χ0v) is 8.79. The van der Waals surface area contributed by atoms with E-state index in [1.165, 1.54) is 6.33 Å². The molecule has 0 radical (unpaired) electrons. The number of carbonyl (C=O) groups excluding carboxylic acids is 1. The highest BCUT2D eigenvalue weighted by molar-refractivity contribution is 5.90. The van der Waals surface area contributed by atoms with Crippen LogP contribution in [0.25, 0.3) is 0 Å². The second-order valence-corrected chi connectivity index (χ2v) is 3.47. The lowest BCUT2D eigenvalue weighted by Crippen LogP contribution is -2.36. The number of nitrogens with one attached hydrogen (secondary N) is 2. The zero-order valence-electron chi connectivity index (χ0n) is 8.79. The molecule has 0 spiro atoms. The molecule has 0 saturated carbocycles. The molecule has 2 aromatic heterocycles. The highest BCUT2D eigenvalue weighted by atomic mass is 16.2. The minimum absolute atomic E-state index is 0.00759. The highest BCUT2D eigenvalue weighted by Gasteiger charge is 2.11. The molecule has 2 N–H and O–H groups in total. The maximum Gasteiger partial charge on any atom is 0.288 e. The predicted octanol–water partition coefficient (Wildman–Crippen LogP) is -0.180. The van der Waals surface area contributed by atoms with Gasteiger partial charge in [-0.3, -0.25) is 9.89 Å². The van der Waals surface area contributed by atoms with Crippen LogP contribution in [0.2, 0.25) is 0 Å². The van der Waals surface area contributed by atoms with Gasteiger partial charge in [0.25, 0.3) is 5.91 Å². The maximum absolute atomic E-state index is 11.6. The van der Waals surface area contributed by atoms with Crippen LogP contribution in [-0.4, -0.2) is 36.7 Å². The summed E-state index contributed by atoms with van der Waals surface area (Å²) in [7, 11) is 0. The average Bonchev–Trinajstić information content (AvgIpc) is 2.88. The number of nitrogens with zero attached hydrogens (tertiary/aromatic N) is 4. The van der Waals surface area contributed by atoms with Crippen LogP contribution < -0.4 is 5.32 Å². The van der Waals surface area contributed by atoms with Gasteiger partial charge >= 0.3 is 0 Å². The van der Waals surface area contributed by atoms with Crippen molar-refractivity contribution in [3.05, 3.63) is 30.9 Å². The number of aromatic nitrogens is 5. The van der Waals surface area contributed by atoms with Gasteiger partial charge in [0.05, 0.1) is 6.33 Å². The first-order valence-corrected chi connectivity index (χ1v) is 4.87. The first-order chi connectivity index (χ1) is 7.75. The molecule has 0 aromatic carbocycles. The predicted molar refractivity (Wildman–Crippen MR) is 55.5 cm³/mol. The Morgan fingerprint density at radius 1 is 1.69 bits per heavy atom. The fourth-order valence-corrected chi connectivity index (χ4v) is 1.36. The number of hydrogen-bond acceptors (Lipinski definition) is 4. The summed E-state index contributed by atoms with van der Waals surface area (Å²) in [5, 5.41) is 8.92. The van der Waals surface area contributed by atoms with E-state index in [-0.39, 0.29) is 17.8 Å². The monoisotopic (exact) mass is 220 g/mol. The summed E-state index contributed by atoms with van der Waals surface area (Å²) < 4.78 is 1.89. The third-order valence-electron chi connectivity index (χ3n) is 2.05. The lowest BCUT2D eigenvalue weighted by molar-refractivity contribution is 0.0926. The van der Waals surface area contributed by atoms with Crippen molar-refractivity contribution < 1.29 is 4.79 Å². The minimum Gasteiger partial charge on any atom is -0.345 e. The second-order valence-electron chi connectivity index (χ2n) is 3.47. The smallest absolute Gasteiger partial charge is 0.288 e. The Kier molecular flexibility index (Phi) is 2.95. The van der Waals surface area contributed by atoms with Gasteiger partial charge in [0.1, 0.15) is 6.33 Å². The van der Waals surface area contributed by atoms with Crippen LogP contribution in [0.1, 0.15) is 17.5 Å². The molecule has 0 saturated heterocycles. The van der Waals surface area contributed by atoms with E-state index >= 15 is 0 Å². The standard InChI is InChI=1S/C9H12N6O/c1-7(4-15-3-2-10-6-15)13-9(16)8-11-5-12-14-8/h2-3,5-7H,4H2,1H3,(H,13,16)(H,11,12,14). The van der Waals surface area contributed by atoms with Crippen molar-refractivity contribution in [2.45, 2.75) is 19.5 Å². The van der Waals surface area contributed by atoms with Crippen LogP contribution in [-0.2, 0) is 6.54 Å². The molecule has 1 atom stereocenters. The van der Waals surface area contributed by atoms with Gasteiger partial charge in [-0.1, -0.05) is 0 Å². The zero-order chi connectivity index (χ0) is 11.4. The number of amides is 1. The van der Waals surface area contributed by atoms with E-state index in [1.807, 2.05) is 17.7 Å². The number of H-pyrrole nitrogens is 1. The van der Waals surface area contributed by atoms with Crippen LogP contribution >= 0.6 is 0 Å². The van der Waals surface area contributed by atoms with Crippen molar-refractivity contribution in [3.63, 3.8) is 0 Å². The molecule has 16 heavy (non-hydrogen) atoms. The maximum atomic E-state index is 11.6. The van der Waals surface area contributed by atoms with Crippen molar-refractivity contribution in [1.82, 2.24) is 30.0 Å². The minimum atomic E-state index is -0.259. The molecule has 0 fully saturated rings. The van der Waals surface area contributed by atoms with Gasteiger partial charge in [-0.2, -0.15) is 5.10 Å². The molecule has 2 rings (SSSR count). The average molecular weight is 220 g/mol. The number of rotatable bonds is 4. The molecule has 0 bridgehead atoms. The molecular weight excluding hydrogens is 208 g/mol. The normalized spacial score (nSPS) is 12.3. The van der Waals surface area contributed by atoms with E-state index in [4.69, 9.17) is 0 Å². The summed E-state index contributed by atoms with van der Waals surface area (Å²) >= 11 is 0. The van der Waals surface area contributed by atoms with Crippen LogP contribution in [0, 0.1) is 0 Å². The van der Waals surface area contributed by atoms with Crippen molar-refractivity contribution in [2.24, 2.45) is 0 Å². The molecular formula is C9H12N6O. The first kappa shape index (κ1) is 10.3. The van der Waals surface area contributed by atoms with E-state index in [1.54, 1.807) is 12.5 Å². The molecule has 0 aliphatic carbocycles. The van der Waals surface area contributed by atoms with Crippen LogP contribution in [0.4, 0.5) is 0 Å². The Morgan fingerprint density at radius 3 is 3.19 bits per heavy atom. The van der Waals surface area contributed by atoms with Crippen LogP contribution in [0.15, 0.2) is 25.0 Å². The van der Waals surface area contributed by atoms with E-state index in [2.05, 4.69) is 25.5 Å². The Bertz CT molecular complexity index is 435. The van der Waals surface area contributed by atoms with Crippen LogP contribution in [0.3, 0.4) is 0 Å². The number of aromatic amines is 1. The molecule has 0 aliphatic rings. The molecule has 2 aromatic rings. The van der Waals surface area contributed by atoms with Gasteiger partial charge < -0.3 is 9.88 Å². The summed E-state index contributed by atoms with van der Waals surface area (Å²) in [6.07, 6.45) is 6.55. The third kappa shape index (κ3) is 2.44. The molecule has 2 heterocycles. The van der Waals surface area contributed by atoms with Gasteiger partial charge in [0.2, 0.25) is 5.82 Å². The lowest BCUT2D eigenvalue weighted by atomic mass is 10.3. The summed E-state index contributed by atoms with van der Waals surface area (Å²) in [6.45, 7) is 2.58. The van der Waals surface area contributed by atoms with E-state index in [9.17, 15) is 4.79 Å². The lowest BCUT2D eigenvalue weighted by Gasteiger charge is -2.12. The Hall–Kier alpha value is -2.18. The van der Waals surface area contributed by atoms with E-state index in [0.29, 0.717) is 6.54 Å². The fraction of sp³-hybridized carbons (Fsp3) is 0.333. The Morgan fingerprint density at radius 2 is 2.56 bits per heavy atom. The van der Waals surface area contributed by atoms with Crippen molar-refractivity contribution in [1.29, 1.82) is 0 Å².